The van der Waals surface area contributed by atoms with Gasteiger partial charge in [-0.25, -0.2) is 0 Å². The molecule has 3 aromatic carbocycles. The van der Waals surface area contributed by atoms with Crippen LogP contribution >= 0.6 is 0 Å². The molecule has 0 saturated carbocycles. The van der Waals surface area contributed by atoms with Gasteiger partial charge in [-0.15, -0.1) is 0 Å². The first-order valence-corrected chi connectivity index (χ1v) is 21.5. The fourth-order valence-electron chi connectivity index (χ4n) is 7.82. The lowest BCUT2D eigenvalue weighted by atomic mass is 9.85. The Labute approximate surface area is 367 Å². The molecule has 17 heteroatoms. The molecule has 3 atom stereocenters. The fraction of sp³-hybridized carbons (Fsp3) is 0.413. The van der Waals surface area contributed by atoms with Crippen molar-refractivity contribution in [3.8, 4) is 0 Å². The number of carbonyl (C=O) groups excluding carboxylic acids is 6. The summed E-state index contributed by atoms with van der Waals surface area (Å²) in [4.78, 5) is 91.4. The number of nitrogens with zero attached hydrogens (tertiary/aromatic N) is 2. The molecule has 1 aliphatic rings. The Morgan fingerprint density at radius 3 is 2.13 bits per heavy atom. The van der Waals surface area contributed by atoms with E-state index in [0.717, 1.165) is 39.7 Å². The quantitative estimate of drug-likeness (QED) is 0.0316. The van der Waals surface area contributed by atoms with Gasteiger partial charge in [0.1, 0.15) is 23.7 Å². The molecule has 12 N–H and O–H groups in total. The number of carbonyl (C=O) groups is 6. The average Bonchev–Trinajstić information content (AvgIpc) is 3.68. The van der Waals surface area contributed by atoms with E-state index in [1.807, 2.05) is 92.7 Å². The maximum Gasteiger partial charge on any atom is 0.246 e. The van der Waals surface area contributed by atoms with Crippen molar-refractivity contribution in [1.82, 2.24) is 31.6 Å². The van der Waals surface area contributed by atoms with Crippen LogP contribution in [0.3, 0.4) is 0 Å². The number of benzene rings is 3. The second-order valence-corrected chi connectivity index (χ2v) is 16.0. The van der Waals surface area contributed by atoms with E-state index in [1.165, 1.54) is 0 Å². The van der Waals surface area contributed by atoms with Gasteiger partial charge < -0.3 is 53.7 Å². The van der Waals surface area contributed by atoms with Crippen LogP contribution in [-0.4, -0.2) is 96.2 Å². The van der Waals surface area contributed by atoms with Crippen LogP contribution in [0.1, 0.15) is 68.6 Å². The summed E-state index contributed by atoms with van der Waals surface area (Å²) >= 11 is 0. The van der Waals surface area contributed by atoms with E-state index < -0.39 is 59.7 Å². The van der Waals surface area contributed by atoms with Gasteiger partial charge in [0.05, 0.1) is 6.54 Å². The zero-order chi connectivity index (χ0) is 45.4. The molecule has 0 bridgehead atoms. The number of aliphatic imine (C=N–C) groups is 1. The van der Waals surface area contributed by atoms with Gasteiger partial charge in [0.25, 0.3) is 0 Å². The third kappa shape index (κ3) is 13.5. The lowest BCUT2D eigenvalue weighted by Crippen LogP contribution is -2.66. The van der Waals surface area contributed by atoms with Crippen molar-refractivity contribution >= 4 is 58.0 Å². The molecule has 5 rings (SSSR count). The highest BCUT2D eigenvalue weighted by Gasteiger charge is 2.44. The predicted octanol–water partition coefficient (Wildman–Crippen LogP) is 1.72. The van der Waals surface area contributed by atoms with E-state index in [1.54, 1.807) is 6.20 Å². The molecular formula is C46H61N11O6. The molecule has 1 aromatic heterocycles. The Hall–Kier alpha value is -6.91. The molecule has 17 nitrogen and oxygen atoms in total. The number of unbranched alkanes of at least 4 members (excludes halogenated alkanes) is 1. The highest BCUT2D eigenvalue weighted by molar-refractivity contribution is 5.98. The van der Waals surface area contributed by atoms with Crippen molar-refractivity contribution in [2.24, 2.45) is 22.2 Å². The van der Waals surface area contributed by atoms with Crippen LogP contribution in [0.5, 0.6) is 0 Å². The first-order valence-electron chi connectivity index (χ1n) is 21.5. The number of nitrogens with one attached hydrogen (secondary N) is 6. The van der Waals surface area contributed by atoms with Crippen LogP contribution in [0.4, 0.5) is 5.69 Å². The molecular weight excluding hydrogens is 803 g/mol. The summed E-state index contributed by atoms with van der Waals surface area (Å²) in [7, 11) is 0. The average molecular weight is 864 g/mol. The monoisotopic (exact) mass is 863 g/mol. The normalized spacial score (nSPS) is 14.7. The predicted molar refractivity (Wildman–Crippen MR) is 243 cm³/mol. The summed E-state index contributed by atoms with van der Waals surface area (Å²) in [5.41, 5.74) is 19.6. The van der Waals surface area contributed by atoms with Crippen LogP contribution in [0.15, 0.2) is 90.1 Å². The summed E-state index contributed by atoms with van der Waals surface area (Å²) < 4.78 is 0. The Kier molecular flexibility index (Phi) is 17.1. The van der Waals surface area contributed by atoms with Gasteiger partial charge in [-0.2, -0.15) is 0 Å². The summed E-state index contributed by atoms with van der Waals surface area (Å²) in [6.45, 7) is 4.66. The zero-order valence-corrected chi connectivity index (χ0v) is 36.1. The number of guanidine groups is 1. The SMILES string of the molecule is CCCCC(=O)NC1(C(=O)N[C@H](Cc2ccccc2)C(=O)N[C@@H](CCCN=C(N)N)C(=O)N[C@@H](Cc2c[nH]c3ccccc23)C(=O)NCC(N)=O)CCN(c2ccccc2C)CC1. The molecule has 6 amide bonds. The van der Waals surface area contributed by atoms with Crippen LogP contribution in [0, 0.1) is 6.92 Å². The van der Waals surface area contributed by atoms with Crippen LogP contribution in [0.25, 0.3) is 10.9 Å². The number of aryl methyl sites for hydroxylation is 1. The summed E-state index contributed by atoms with van der Waals surface area (Å²) in [6, 6.07) is 21.0. The molecule has 1 fully saturated rings. The van der Waals surface area contributed by atoms with Gasteiger partial charge in [0, 0.05) is 61.7 Å². The van der Waals surface area contributed by atoms with Gasteiger partial charge >= 0.3 is 0 Å². The van der Waals surface area contributed by atoms with Crippen molar-refractivity contribution in [3.05, 3.63) is 102 Å². The summed E-state index contributed by atoms with van der Waals surface area (Å²) in [6.07, 6.45) is 4.43. The number of amides is 6. The molecule has 0 unspecified atom stereocenters. The number of primary amides is 1. The number of nitrogens with two attached hydrogens (primary N) is 3. The van der Waals surface area contributed by atoms with Gasteiger partial charge in [-0.3, -0.25) is 33.8 Å². The number of H-pyrrole nitrogens is 1. The maximum atomic E-state index is 14.7. The van der Waals surface area contributed by atoms with Gasteiger partial charge in [0.2, 0.25) is 35.4 Å². The van der Waals surface area contributed by atoms with E-state index in [0.29, 0.717) is 19.5 Å². The lowest BCUT2D eigenvalue weighted by Gasteiger charge is -2.43. The van der Waals surface area contributed by atoms with Crippen molar-refractivity contribution in [2.45, 2.75) is 95.3 Å². The summed E-state index contributed by atoms with van der Waals surface area (Å²) in [5.74, 6) is -3.68. The van der Waals surface area contributed by atoms with Crippen LogP contribution in [-0.2, 0) is 41.6 Å². The molecule has 0 radical (unpaired) electrons. The number of hydrogen-bond acceptors (Lipinski definition) is 8. The summed E-state index contributed by atoms with van der Waals surface area (Å²) in [5, 5.41) is 15.0. The largest absolute Gasteiger partial charge is 0.371 e. The van der Waals surface area contributed by atoms with Crippen LogP contribution < -0.4 is 48.7 Å². The second-order valence-electron chi connectivity index (χ2n) is 16.0. The standard InChI is InChI=1S/C46H61N11O6/c1-3-4-20-40(59)56-46(21-24-57(25-22-46)38-19-11-8-13-30(38)2)44(63)55-36(26-31-14-6-5-7-15-31)43(62)53-35(18-12-23-50-45(48)49)42(61)54-37(41(60)52-29-39(47)58)27-32-28-51-34-17-10-9-16-33(32)34/h5-11,13-17,19,28,35-37,51H,3-4,12,18,20-27,29H2,1-2H3,(H2,47,58)(H,52,60)(H,53,62)(H,54,61)(H,55,63)(H,56,59)(H4,48,49,50)/t35-,36+,37-/m0/s1. The van der Waals surface area contributed by atoms with Crippen LogP contribution in [0.2, 0.25) is 0 Å². The minimum Gasteiger partial charge on any atom is -0.371 e. The number of aromatic amines is 1. The van der Waals surface area contributed by atoms with E-state index >= 15 is 0 Å². The highest BCUT2D eigenvalue weighted by Crippen LogP contribution is 2.29. The second kappa shape index (κ2) is 22.8. The molecule has 4 aromatic rings. The minimum atomic E-state index is -1.32. The molecule has 0 aliphatic carbocycles. The smallest absolute Gasteiger partial charge is 0.246 e. The topological polar surface area (TPSA) is 272 Å². The number of hydrogen-bond donors (Lipinski definition) is 9. The first kappa shape index (κ1) is 47.1. The number of piperidine rings is 1. The van der Waals surface area contributed by atoms with Gasteiger partial charge in [-0.1, -0.05) is 80.1 Å². The molecule has 1 aliphatic heterocycles. The number of rotatable bonds is 22. The van der Waals surface area contributed by atoms with Crippen molar-refractivity contribution in [2.75, 3.05) is 31.1 Å². The fourth-order valence-corrected chi connectivity index (χ4v) is 7.82. The lowest BCUT2D eigenvalue weighted by molar-refractivity contribution is -0.138. The van der Waals surface area contributed by atoms with Crippen molar-refractivity contribution in [3.63, 3.8) is 0 Å². The minimum absolute atomic E-state index is 0.0367. The van der Waals surface area contributed by atoms with Gasteiger partial charge in [0.15, 0.2) is 5.96 Å². The van der Waals surface area contributed by atoms with E-state index in [2.05, 4.69) is 41.5 Å². The zero-order valence-electron chi connectivity index (χ0n) is 36.1. The number of aromatic nitrogens is 1. The van der Waals surface area contributed by atoms with E-state index in [4.69, 9.17) is 17.2 Å². The number of para-hydroxylation sites is 2. The molecule has 0 spiro atoms. The highest BCUT2D eigenvalue weighted by atomic mass is 16.2. The molecule has 2 heterocycles. The third-order valence-corrected chi connectivity index (χ3v) is 11.3. The Balaban J connectivity index is 1.42. The van der Waals surface area contributed by atoms with E-state index in [9.17, 15) is 28.8 Å². The number of anilines is 1. The third-order valence-electron chi connectivity index (χ3n) is 11.3. The Bertz CT molecular complexity index is 2230. The Morgan fingerprint density at radius 1 is 0.778 bits per heavy atom. The molecule has 1 saturated heterocycles. The van der Waals surface area contributed by atoms with Gasteiger partial charge in [-0.05, 0) is 67.9 Å². The van der Waals surface area contributed by atoms with Crippen molar-refractivity contribution in [1.29, 1.82) is 0 Å². The van der Waals surface area contributed by atoms with E-state index in [-0.39, 0.29) is 63.4 Å². The molecule has 336 valence electrons. The molecule has 63 heavy (non-hydrogen) atoms. The number of fused-ring (bicyclic) bond motifs is 1. The first-order chi connectivity index (χ1) is 30.3. The maximum absolute atomic E-state index is 14.7. The Morgan fingerprint density at radius 2 is 1.43 bits per heavy atom. The van der Waals surface area contributed by atoms with Crippen molar-refractivity contribution < 1.29 is 28.8 Å².